The molecule has 0 amide bonds. The van der Waals surface area contributed by atoms with E-state index in [4.69, 9.17) is 0 Å². The molecule has 6 rings (SSSR count). The van der Waals surface area contributed by atoms with Crippen molar-refractivity contribution in [2.75, 3.05) is 9.80 Å². The molecule has 0 saturated carbocycles. The van der Waals surface area contributed by atoms with E-state index in [0.717, 1.165) is 45.3 Å². The van der Waals surface area contributed by atoms with Crippen LogP contribution in [-0.4, -0.2) is 0 Å². The van der Waals surface area contributed by atoms with Gasteiger partial charge in [0.25, 0.3) is 0 Å². The van der Waals surface area contributed by atoms with Gasteiger partial charge in [-0.1, -0.05) is 121 Å². The minimum absolute atomic E-state index is 1.13. The summed E-state index contributed by atoms with van der Waals surface area (Å²) in [7, 11) is 0. The smallest absolute Gasteiger partial charge is 0.0462 e. The standard InChI is InChI=1S/C40H32N2/c1-5-17-35(18-6-1)41(36-19-7-2-8-20-36)39-29-25-33(26-30-39)15-13-14-16-34-27-31-40(32-28-34)42(37-21-9-3-10-22-37)38-23-11-4-12-24-38/h1-32H/b15-13-,16-14+. The van der Waals surface area contributed by atoms with Gasteiger partial charge < -0.3 is 9.80 Å². The molecule has 0 fully saturated rings. The Hall–Kier alpha value is -5.60. The molecule has 0 atom stereocenters. The average molecular weight is 541 g/mol. The zero-order chi connectivity index (χ0) is 28.4. The van der Waals surface area contributed by atoms with Gasteiger partial charge in [-0.2, -0.15) is 0 Å². The lowest BCUT2D eigenvalue weighted by Gasteiger charge is -2.25. The van der Waals surface area contributed by atoms with Crippen LogP contribution in [0.2, 0.25) is 0 Å². The quantitative estimate of drug-likeness (QED) is 0.168. The second kappa shape index (κ2) is 13.2. The Kier molecular flexibility index (Phi) is 8.34. The van der Waals surface area contributed by atoms with Crippen molar-refractivity contribution < 1.29 is 0 Å². The number of anilines is 6. The van der Waals surface area contributed by atoms with E-state index in [1.807, 2.05) is 24.3 Å². The van der Waals surface area contributed by atoms with Crippen molar-refractivity contribution in [2.24, 2.45) is 0 Å². The van der Waals surface area contributed by atoms with Crippen LogP contribution in [0.1, 0.15) is 11.1 Å². The van der Waals surface area contributed by atoms with Gasteiger partial charge in [0.15, 0.2) is 0 Å². The number of hydrogen-bond acceptors (Lipinski definition) is 2. The van der Waals surface area contributed by atoms with Gasteiger partial charge >= 0.3 is 0 Å². The van der Waals surface area contributed by atoms with E-state index >= 15 is 0 Å². The third-order valence-electron chi connectivity index (χ3n) is 7.05. The van der Waals surface area contributed by atoms with E-state index < -0.39 is 0 Å². The molecular weight excluding hydrogens is 508 g/mol. The minimum Gasteiger partial charge on any atom is -0.311 e. The molecule has 0 heterocycles. The van der Waals surface area contributed by atoms with Gasteiger partial charge in [0, 0.05) is 34.1 Å². The number of hydrogen-bond donors (Lipinski definition) is 0. The van der Waals surface area contributed by atoms with E-state index in [1.165, 1.54) is 0 Å². The maximum Gasteiger partial charge on any atom is 0.0462 e. The van der Waals surface area contributed by atoms with E-state index in [2.05, 4.69) is 180 Å². The second-order valence-corrected chi connectivity index (χ2v) is 9.91. The fourth-order valence-electron chi connectivity index (χ4n) is 5.01. The third kappa shape index (κ3) is 6.41. The fraction of sp³-hybridized carbons (Fsp3) is 0. The Balaban J connectivity index is 1.15. The molecule has 0 saturated heterocycles. The number of nitrogens with zero attached hydrogens (tertiary/aromatic N) is 2. The summed E-state index contributed by atoms with van der Waals surface area (Å²) in [6, 6.07) is 59.2. The third-order valence-corrected chi connectivity index (χ3v) is 7.05. The fourth-order valence-corrected chi connectivity index (χ4v) is 5.01. The summed E-state index contributed by atoms with van der Waals surface area (Å²) in [5, 5.41) is 0. The van der Waals surface area contributed by atoms with Crippen molar-refractivity contribution in [2.45, 2.75) is 0 Å². The summed E-state index contributed by atoms with van der Waals surface area (Å²) >= 11 is 0. The molecular formula is C40H32N2. The van der Waals surface area contributed by atoms with E-state index in [9.17, 15) is 0 Å². The Morgan fingerprint density at radius 1 is 0.262 bits per heavy atom. The molecule has 0 radical (unpaired) electrons. The lowest BCUT2D eigenvalue weighted by atomic mass is 10.1. The molecule has 0 N–H and O–H groups in total. The number of rotatable bonds is 9. The van der Waals surface area contributed by atoms with Gasteiger partial charge in [-0.05, 0) is 83.9 Å². The highest BCUT2D eigenvalue weighted by Gasteiger charge is 2.12. The molecule has 0 unspecified atom stereocenters. The van der Waals surface area contributed by atoms with E-state index in [0.29, 0.717) is 0 Å². The van der Waals surface area contributed by atoms with Gasteiger partial charge in [-0.3, -0.25) is 0 Å². The van der Waals surface area contributed by atoms with Crippen LogP contribution in [0.4, 0.5) is 34.1 Å². The zero-order valence-corrected chi connectivity index (χ0v) is 23.4. The summed E-state index contributed by atoms with van der Waals surface area (Å²) in [5.74, 6) is 0. The molecule has 202 valence electrons. The van der Waals surface area contributed by atoms with Crippen molar-refractivity contribution in [3.8, 4) is 0 Å². The van der Waals surface area contributed by atoms with E-state index in [1.54, 1.807) is 0 Å². The molecule has 6 aromatic carbocycles. The highest BCUT2D eigenvalue weighted by Crippen LogP contribution is 2.35. The first-order valence-electron chi connectivity index (χ1n) is 14.2. The Labute approximate surface area is 248 Å². The highest BCUT2D eigenvalue weighted by atomic mass is 15.1. The molecule has 0 aliphatic heterocycles. The minimum atomic E-state index is 1.13. The van der Waals surface area contributed by atoms with Crippen LogP contribution in [0, 0.1) is 0 Å². The predicted octanol–water partition coefficient (Wildman–Crippen LogP) is 11.4. The van der Waals surface area contributed by atoms with E-state index in [-0.39, 0.29) is 0 Å². The summed E-state index contributed by atoms with van der Waals surface area (Å²) in [6.45, 7) is 0. The molecule has 0 aromatic heterocycles. The number of para-hydroxylation sites is 4. The van der Waals surface area contributed by atoms with Crippen LogP contribution in [-0.2, 0) is 0 Å². The maximum atomic E-state index is 2.27. The van der Waals surface area contributed by atoms with Crippen LogP contribution in [0.15, 0.2) is 182 Å². The van der Waals surface area contributed by atoms with Gasteiger partial charge in [-0.25, -0.2) is 0 Å². The molecule has 42 heavy (non-hydrogen) atoms. The van der Waals surface area contributed by atoms with Crippen molar-refractivity contribution in [1.29, 1.82) is 0 Å². The van der Waals surface area contributed by atoms with Gasteiger partial charge in [0.2, 0.25) is 0 Å². The molecule has 0 aliphatic rings. The van der Waals surface area contributed by atoms with Gasteiger partial charge in [0.1, 0.15) is 0 Å². The predicted molar refractivity (Wildman–Crippen MR) is 180 cm³/mol. The number of allylic oxidation sites excluding steroid dienone is 2. The summed E-state index contributed by atoms with van der Waals surface area (Å²) in [5.41, 5.74) is 9.10. The molecule has 0 spiro atoms. The lowest BCUT2D eigenvalue weighted by molar-refractivity contribution is 1.28. The van der Waals surface area contributed by atoms with Gasteiger partial charge in [0.05, 0.1) is 0 Å². The Morgan fingerprint density at radius 2 is 0.500 bits per heavy atom. The largest absolute Gasteiger partial charge is 0.311 e. The molecule has 2 heteroatoms. The van der Waals surface area contributed by atoms with Crippen LogP contribution < -0.4 is 9.80 Å². The number of benzene rings is 6. The topological polar surface area (TPSA) is 6.48 Å². The molecule has 2 nitrogen and oxygen atoms in total. The summed E-state index contributed by atoms with van der Waals surface area (Å²) in [6.07, 6.45) is 8.46. The first-order chi connectivity index (χ1) is 20.8. The Morgan fingerprint density at radius 3 is 0.762 bits per heavy atom. The summed E-state index contributed by atoms with van der Waals surface area (Å²) in [4.78, 5) is 4.54. The van der Waals surface area contributed by atoms with Crippen molar-refractivity contribution >= 4 is 46.3 Å². The second-order valence-electron chi connectivity index (χ2n) is 9.91. The normalized spacial score (nSPS) is 11.1. The first kappa shape index (κ1) is 26.6. The molecule has 6 aromatic rings. The van der Waals surface area contributed by atoms with Crippen molar-refractivity contribution in [3.05, 3.63) is 193 Å². The van der Waals surface area contributed by atoms with Gasteiger partial charge in [-0.15, -0.1) is 0 Å². The Bertz CT molecular complexity index is 1510. The first-order valence-corrected chi connectivity index (χ1v) is 14.2. The SMILES string of the molecule is C(=C/c1ccc(N(c2ccccc2)c2ccccc2)cc1)/C=C/c1ccc(N(c2ccccc2)c2ccccc2)cc1. The van der Waals surface area contributed by atoms with Crippen LogP contribution in [0.5, 0.6) is 0 Å². The lowest BCUT2D eigenvalue weighted by Crippen LogP contribution is -2.09. The van der Waals surface area contributed by atoms with Crippen LogP contribution >= 0.6 is 0 Å². The zero-order valence-electron chi connectivity index (χ0n) is 23.4. The monoisotopic (exact) mass is 540 g/mol. The summed E-state index contributed by atoms with van der Waals surface area (Å²) < 4.78 is 0. The average Bonchev–Trinajstić information content (AvgIpc) is 3.07. The van der Waals surface area contributed by atoms with Crippen LogP contribution in [0.25, 0.3) is 12.2 Å². The maximum absolute atomic E-state index is 2.27. The van der Waals surface area contributed by atoms with Crippen molar-refractivity contribution in [1.82, 2.24) is 0 Å². The highest BCUT2D eigenvalue weighted by molar-refractivity contribution is 5.78. The van der Waals surface area contributed by atoms with Crippen LogP contribution in [0.3, 0.4) is 0 Å². The molecule has 0 aliphatic carbocycles. The van der Waals surface area contributed by atoms with Crippen molar-refractivity contribution in [3.63, 3.8) is 0 Å². The molecule has 0 bridgehead atoms.